The zero-order chi connectivity index (χ0) is 23.5. The maximum atomic E-state index is 12.6. The Bertz CT molecular complexity index is 1300. The number of hydrogen-bond donors (Lipinski definition) is 1. The van der Waals surface area contributed by atoms with Crippen molar-refractivity contribution in [1.82, 2.24) is 5.01 Å². The number of hydrogen-bond acceptors (Lipinski definition) is 7. The highest BCUT2D eigenvalue weighted by molar-refractivity contribution is 14.1. The average Bonchev–Trinajstić information content (AvgIpc) is 3.24. The second-order valence-corrected chi connectivity index (χ2v) is 9.16. The molecule has 8 nitrogen and oxygen atoms in total. The van der Waals surface area contributed by atoms with E-state index >= 15 is 0 Å². The van der Waals surface area contributed by atoms with Crippen LogP contribution >= 0.6 is 34.4 Å². The number of nitrogens with one attached hydrogen (secondary N) is 1. The largest absolute Gasteiger partial charge is 0.493 e. The lowest BCUT2D eigenvalue weighted by Crippen LogP contribution is -2.35. The smallest absolute Gasteiger partial charge is 0.283 e. The number of fused-ring (bicyclic) bond motifs is 1. The van der Waals surface area contributed by atoms with Crippen LogP contribution in [0.1, 0.15) is 30.0 Å². The first-order chi connectivity index (χ1) is 15.9. The highest BCUT2D eigenvalue weighted by Gasteiger charge is 2.35. The molecular weight excluding hydrogens is 553 g/mol. The van der Waals surface area contributed by atoms with Crippen LogP contribution in [0.2, 0.25) is 0 Å². The zero-order valence-electron chi connectivity index (χ0n) is 17.8. The summed E-state index contributed by atoms with van der Waals surface area (Å²) in [5.74, 6) is 0.522. The third kappa shape index (κ3) is 4.65. The second-order valence-electron chi connectivity index (χ2n) is 6.96. The maximum absolute atomic E-state index is 12.6. The second kappa shape index (κ2) is 9.76. The Morgan fingerprint density at radius 3 is 2.85 bits per heavy atom. The van der Waals surface area contributed by atoms with Gasteiger partial charge in [-0.2, -0.15) is 20.4 Å². The number of benzene rings is 2. The molecule has 33 heavy (non-hydrogen) atoms. The number of amides is 1. The molecule has 10 heteroatoms. The lowest BCUT2D eigenvalue weighted by molar-refractivity contribution is -0.114. The molecule has 2 aromatic rings. The van der Waals surface area contributed by atoms with E-state index in [0.717, 1.165) is 14.2 Å². The molecule has 0 radical (unpaired) electrons. The van der Waals surface area contributed by atoms with Crippen molar-refractivity contribution in [3.63, 3.8) is 0 Å². The molecule has 0 saturated carbocycles. The summed E-state index contributed by atoms with van der Waals surface area (Å²) in [6.45, 7) is 2.17. The van der Waals surface area contributed by atoms with Crippen molar-refractivity contribution in [1.29, 1.82) is 10.7 Å². The van der Waals surface area contributed by atoms with Gasteiger partial charge in [0.05, 0.1) is 27.9 Å². The number of hydrazone groups is 1. The van der Waals surface area contributed by atoms with Crippen LogP contribution in [0.15, 0.2) is 52.1 Å². The summed E-state index contributed by atoms with van der Waals surface area (Å²) in [6.07, 6.45) is 2.31. The summed E-state index contributed by atoms with van der Waals surface area (Å²) in [5.41, 5.74) is 2.14. The molecule has 1 amide bonds. The molecule has 2 aromatic carbocycles. The first-order valence-electron chi connectivity index (χ1n) is 9.92. The van der Waals surface area contributed by atoms with Gasteiger partial charge in [-0.1, -0.05) is 25.1 Å². The van der Waals surface area contributed by atoms with Gasteiger partial charge in [-0.05, 0) is 70.6 Å². The van der Waals surface area contributed by atoms with E-state index in [-0.39, 0.29) is 18.0 Å². The molecule has 0 aromatic heterocycles. The topological polar surface area (TPSA) is 111 Å². The Labute approximate surface area is 208 Å². The molecule has 0 spiro atoms. The highest BCUT2D eigenvalue weighted by Crippen LogP contribution is 2.36. The summed E-state index contributed by atoms with van der Waals surface area (Å²) in [6, 6.07) is 13.0. The number of ether oxygens (including phenoxy) is 2. The standard InChI is InChI=1S/C23H18IN5O3S/c1-3-19-28-29-21(26)16(22(30)27-23(29)33-19)8-13-9-17(24)20(18(10-13)31-2)32-12-15-7-5-4-6-14(15)11-25/h4-10,26H,3,12H2,1-2H3/b16-8-,26-21?. The normalized spacial score (nSPS) is 16.3. The maximum Gasteiger partial charge on any atom is 0.283 e. The Hall–Kier alpha value is -3.17. The number of carbonyl (C=O) groups is 1. The molecule has 2 aliphatic heterocycles. The number of carbonyl (C=O) groups excluding carboxylic acids is 1. The number of nitriles is 1. The van der Waals surface area contributed by atoms with E-state index < -0.39 is 5.91 Å². The van der Waals surface area contributed by atoms with E-state index in [9.17, 15) is 10.1 Å². The van der Waals surface area contributed by atoms with E-state index in [4.69, 9.17) is 14.9 Å². The number of halogens is 1. The van der Waals surface area contributed by atoms with Crippen molar-refractivity contribution in [2.45, 2.75) is 20.0 Å². The molecule has 2 heterocycles. The molecule has 1 N–H and O–H groups in total. The van der Waals surface area contributed by atoms with Crippen LogP contribution in [-0.4, -0.2) is 34.1 Å². The number of nitrogens with zero attached hydrogens (tertiary/aromatic N) is 4. The van der Waals surface area contributed by atoms with Crippen LogP contribution in [0, 0.1) is 20.3 Å². The van der Waals surface area contributed by atoms with Crippen molar-refractivity contribution in [2.24, 2.45) is 10.1 Å². The van der Waals surface area contributed by atoms with Crippen molar-refractivity contribution in [3.05, 3.63) is 62.2 Å². The van der Waals surface area contributed by atoms with Crippen LogP contribution in [0.4, 0.5) is 0 Å². The van der Waals surface area contributed by atoms with Gasteiger partial charge in [0.25, 0.3) is 5.91 Å². The predicted molar refractivity (Wildman–Crippen MR) is 137 cm³/mol. The van der Waals surface area contributed by atoms with E-state index in [1.54, 1.807) is 24.3 Å². The van der Waals surface area contributed by atoms with E-state index in [1.165, 1.54) is 23.9 Å². The van der Waals surface area contributed by atoms with Crippen LogP contribution in [0.3, 0.4) is 0 Å². The van der Waals surface area contributed by atoms with E-state index in [0.29, 0.717) is 34.2 Å². The minimum absolute atomic E-state index is 0.0108. The first kappa shape index (κ1) is 23.0. The summed E-state index contributed by atoms with van der Waals surface area (Å²) in [4.78, 5) is 16.7. The molecule has 0 unspecified atom stereocenters. The lowest BCUT2D eigenvalue weighted by atomic mass is 10.1. The monoisotopic (exact) mass is 571 g/mol. The number of rotatable bonds is 6. The average molecular weight is 571 g/mol. The van der Waals surface area contributed by atoms with Gasteiger partial charge in [0.2, 0.25) is 5.17 Å². The Kier molecular flexibility index (Phi) is 6.80. The minimum atomic E-state index is -0.478. The number of amidine groups is 2. The van der Waals surface area contributed by atoms with Gasteiger partial charge < -0.3 is 9.47 Å². The van der Waals surface area contributed by atoms with Crippen molar-refractivity contribution < 1.29 is 14.3 Å². The van der Waals surface area contributed by atoms with Crippen LogP contribution in [0.25, 0.3) is 6.08 Å². The fourth-order valence-electron chi connectivity index (χ4n) is 3.21. The number of methoxy groups -OCH3 is 1. The molecule has 0 aliphatic carbocycles. The first-order valence-corrected chi connectivity index (χ1v) is 11.8. The molecule has 2 aliphatic rings. The van der Waals surface area contributed by atoms with Gasteiger partial charge in [0.15, 0.2) is 17.3 Å². The summed E-state index contributed by atoms with van der Waals surface area (Å²) >= 11 is 3.44. The van der Waals surface area contributed by atoms with Crippen LogP contribution in [-0.2, 0) is 11.4 Å². The molecule has 0 atom stereocenters. The number of aliphatic imine (C=N–C) groups is 1. The molecule has 4 rings (SSSR count). The molecule has 166 valence electrons. The summed E-state index contributed by atoms with van der Waals surface area (Å²) < 4.78 is 12.3. The highest BCUT2D eigenvalue weighted by atomic mass is 127. The van der Waals surface area contributed by atoms with Gasteiger partial charge in [-0.15, -0.1) is 0 Å². The fourth-order valence-corrected chi connectivity index (χ4v) is 4.82. The van der Waals surface area contributed by atoms with Crippen molar-refractivity contribution >= 4 is 62.4 Å². The van der Waals surface area contributed by atoms with E-state index in [1.807, 2.05) is 25.1 Å². The summed E-state index contributed by atoms with van der Waals surface area (Å²) in [7, 11) is 1.53. The van der Waals surface area contributed by atoms with Crippen molar-refractivity contribution in [3.8, 4) is 17.6 Å². The minimum Gasteiger partial charge on any atom is -0.493 e. The van der Waals surface area contributed by atoms with Gasteiger partial charge in [0.1, 0.15) is 11.7 Å². The SMILES string of the molecule is CCC1=NN2C(=N)/C(=C/c3cc(I)c(OCc4ccccc4C#N)c(OC)c3)C(=O)N=C2S1. The van der Waals surface area contributed by atoms with Crippen molar-refractivity contribution in [2.75, 3.05) is 7.11 Å². The Morgan fingerprint density at radius 1 is 1.33 bits per heavy atom. The van der Waals surface area contributed by atoms with E-state index in [2.05, 4.69) is 38.8 Å². The van der Waals surface area contributed by atoms with Gasteiger partial charge in [0, 0.05) is 5.56 Å². The number of thioether (sulfide) groups is 1. The Balaban J connectivity index is 1.62. The molecule has 0 fully saturated rings. The predicted octanol–water partition coefficient (Wildman–Crippen LogP) is 4.78. The third-order valence-corrected chi connectivity index (χ3v) is 6.73. The van der Waals surface area contributed by atoms with Gasteiger partial charge in [-0.25, -0.2) is 0 Å². The quantitative estimate of drug-likeness (QED) is 0.395. The molecule has 0 saturated heterocycles. The van der Waals surface area contributed by atoms with Gasteiger partial charge in [-0.3, -0.25) is 10.2 Å². The Morgan fingerprint density at radius 2 is 2.12 bits per heavy atom. The molecular formula is C23H18IN5O3S. The zero-order valence-corrected chi connectivity index (χ0v) is 20.7. The summed E-state index contributed by atoms with van der Waals surface area (Å²) in [5, 5.41) is 24.7. The third-order valence-electron chi connectivity index (χ3n) is 4.87. The molecule has 0 bridgehead atoms. The van der Waals surface area contributed by atoms with Gasteiger partial charge >= 0.3 is 0 Å². The lowest BCUT2D eigenvalue weighted by Gasteiger charge is -2.20. The van der Waals surface area contributed by atoms with Crippen LogP contribution in [0.5, 0.6) is 11.5 Å². The fraction of sp³-hybridized carbons (Fsp3) is 0.174. The van der Waals surface area contributed by atoms with Crippen LogP contribution < -0.4 is 9.47 Å².